The van der Waals surface area contributed by atoms with Gasteiger partial charge in [-0.05, 0) is 120 Å². The molecule has 0 spiro atoms. The second kappa shape index (κ2) is 10.3. The van der Waals surface area contributed by atoms with E-state index in [0.29, 0.717) is 5.56 Å². The minimum absolute atomic E-state index is 0.118. The molecule has 0 heterocycles. The van der Waals surface area contributed by atoms with Crippen LogP contribution in [0.3, 0.4) is 0 Å². The molecular formula is C35H31NO. The van der Waals surface area contributed by atoms with Gasteiger partial charge in [-0.1, -0.05) is 72.8 Å². The van der Waals surface area contributed by atoms with Crippen LogP contribution in [0.25, 0.3) is 33.4 Å². The van der Waals surface area contributed by atoms with E-state index in [-0.39, 0.29) is 5.91 Å². The number of rotatable bonds is 5. The van der Waals surface area contributed by atoms with Crippen molar-refractivity contribution >= 4 is 11.6 Å². The second-order valence-electron chi connectivity index (χ2n) is 9.70. The van der Waals surface area contributed by atoms with Crippen LogP contribution >= 0.6 is 0 Å². The van der Waals surface area contributed by atoms with E-state index in [2.05, 4.69) is 87.6 Å². The Kier molecular flexibility index (Phi) is 6.74. The molecule has 0 fully saturated rings. The fourth-order valence-electron chi connectivity index (χ4n) is 5.26. The third kappa shape index (κ3) is 4.96. The lowest BCUT2D eigenvalue weighted by molar-refractivity contribution is 0.102. The number of aryl methyl sites for hydroxylation is 4. The van der Waals surface area contributed by atoms with E-state index < -0.39 is 0 Å². The molecule has 5 aromatic carbocycles. The zero-order valence-electron chi connectivity index (χ0n) is 21.8. The van der Waals surface area contributed by atoms with Crippen LogP contribution in [0.5, 0.6) is 0 Å². The highest BCUT2D eigenvalue weighted by molar-refractivity contribution is 6.09. The summed E-state index contributed by atoms with van der Waals surface area (Å²) in [5.74, 6) is -0.118. The number of hydrogen-bond acceptors (Lipinski definition) is 1. The van der Waals surface area contributed by atoms with E-state index in [0.717, 1.165) is 27.9 Å². The molecule has 2 nitrogen and oxygen atoms in total. The van der Waals surface area contributed by atoms with Crippen molar-refractivity contribution in [3.05, 3.63) is 137 Å². The van der Waals surface area contributed by atoms with E-state index in [4.69, 9.17) is 0 Å². The van der Waals surface area contributed by atoms with Gasteiger partial charge in [0, 0.05) is 11.3 Å². The summed E-state index contributed by atoms with van der Waals surface area (Å²) in [5.41, 5.74) is 13.1. The van der Waals surface area contributed by atoms with Gasteiger partial charge in [0.05, 0.1) is 0 Å². The number of carbonyl (C=O) groups is 1. The van der Waals surface area contributed by atoms with Crippen molar-refractivity contribution in [3.63, 3.8) is 0 Å². The van der Waals surface area contributed by atoms with Gasteiger partial charge in [-0.3, -0.25) is 4.79 Å². The Hall–Kier alpha value is -4.43. The molecule has 1 amide bonds. The van der Waals surface area contributed by atoms with Gasteiger partial charge in [-0.15, -0.1) is 0 Å². The molecule has 0 aromatic heterocycles. The fourth-order valence-corrected chi connectivity index (χ4v) is 5.26. The van der Waals surface area contributed by atoms with Crippen molar-refractivity contribution in [2.24, 2.45) is 0 Å². The molecule has 0 unspecified atom stereocenters. The topological polar surface area (TPSA) is 29.1 Å². The summed E-state index contributed by atoms with van der Waals surface area (Å²) in [6.07, 6.45) is 0. The number of benzene rings is 5. The Bertz CT molecular complexity index is 1490. The molecule has 182 valence electrons. The van der Waals surface area contributed by atoms with Crippen LogP contribution in [-0.4, -0.2) is 5.91 Å². The number of hydrogen-bond donors (Lipinski definition) is 1. The van der Waals surface area contributed by atoms with Gasteiger partial charge < -0.3 is 5.32 Å². The second-order valence-corrected chi connectivity index (χ2v) is 9.70. The number of anilines is 1. The van der Waals surface area contributed by atoms with Gasteiger partial charge in [-0.2, -0.15) is 0 Å². The van der Waals surface area contributed by atoms with Crippen molar-refractivity contribution in [3.8, 4) is 33.4 Å². The average Bonchev–Trinajstić information content (AvgIpc) is 2.89. The molecule has 5 rings (SSSR count). The first-order chi connectivity index (χ1) is 17.9. The molecule has 0 atom stereocenters. The lowest BCUT2D eigenvalue weighted by Crippen LogP contribution is -2.13. The Balaban J connectivity index is 1.72. The molecule has 0 saturated carbocycles. The van der Waals surface area contributed by atoms with E-state index in [1.165, 1.54) is 33.4 Å². The van der Waals surface area contributed by atoms with Crippen LogP contribution < -0.4 is 5.32 Å². The molecule has 0 bridgehead atoms. The molecule has 0 aliphatic carbocycles. The van der Waals surface area contributed by atoms with Crippen LogP contribution in [0.4, 0.5) is 5.69 Å². The summed E-state index contributed by atoms with van der Waals surface area (Å²) in [4.78, 5) is 13.4. The molecule has 0 aliphatic rings. The highest BCUT2D eigenvalue weighted by Crippen LogP contribution is 2.38. The van der Waals surface area contributed by atoms with Crippen LogP contribution in [-0.2, 0) is 0 Å². The van der Waals surface area contributed by atoms with Gasteiger partial charge in [0.25, 0.3) is 5.91 Å². The fraction of sp³-hybridized carbons (Fsp3) is 0.114. The van der Waals surface area contributed by atoms with Crippen molar-refractivity contribution in [2.75, 3.05) is 5.32 Å². The number of para-hydroxylation sites is 1. The monoisotopic (exact) mass is 481 g/mol. The Morgan fingerprint density at radius 3 is 1.51 bits per heavy atom. The normalized spacial score (nSPS) is 10.8. The maximum Gasteiger partial charge on any atom is 0.256 e. The predicted octanol–water partition coefficient (Wildman–Crippen LogP) is 9.17. The Morgan fingerprint density at radius 1 is 0.514 bits per heavy atom. The summed E-state index contributed by atoms with van der Waals surface area (Å²) >= 11 is 0. The van der Waals surface area contributed by atoms with Gasteiger partial charge in [0.1, 0.15) is 0 Å². The maximum atomic E-state index is 13.4. The molecule has 2 heteroatoms. The molecule has 1 N–H and O–H groups in total. The van der Waals surface area contributed by atoms with Gasteiger partial charge in [-0.25, -0.2) is 0 Å². The first-order valence-corrected chi connectivity index (χ1v) is 12.7. The molecule has 0 radical (unpaired) electrons. The smallest absolute Gasteiger partial charge is 0.256 e. The molecule has 37 heavy (non-hydrogen) atoms. The van der Waals surface area contributed by atoms with E-state index in [9.17, 15) is 4.79 Å². The highest BCUT2D eigenvalue weighted by Gasteiger charge is 2.17. The standard InChI is InChI=1S/C35H31NO/c1-23-12-10-13-24(2)33(23)28-20-27(21-29(22-28)34-25(3)14-11-15-26(34)4)31-18-8-9-19-32(31)35(37)36-30-16-6-5-7-17-30/h5-22H,1-4H3,(H,36,37). The number of amides is 1. The largest absolute Gasteiger partial charge is 0.322 e. The Labute approximate surface area is 219 Å². The van der Waals surface area contributed by atoms with Crippen LogP contribution in [0, 0.1) is 27.7 Å². The van der Waals surface area contributed by atoms with Gasteiger partial charge in [0.15, 0.2) is 0 Å². The van der Waals surface area contributed by atoms with Crippen molar-refractivity contribution in [1.29, 1.82) is 0 Å². The van der Waals surface area contributed by atoms with E-state index in [1.54, 1.807) is 0 Å². The molecular weight excluding hydrogens is 450 g/mol. The van der Waals surface area contributed by atoms with Crippen LogP contribution in [0.2, 0.25) is 0 Å². The first kappa shape index (κ1) is 24.3. The van der Waals surface area contributed by atoms with Crippen molar-refractivity contribution < 1.29 is 4.79 Å². The third-order valence-corrected chi connectivity index (χ3v) is 6.99. The lowest BCUT2D eigenvalue weighted by atomic mass is 9.87. The third-order valence-electron chi connectivity index (χ3n) is 6.99. The van der Waals surface area contributed by atoms with E-state index in [1.807, 2.05) is 54.6 Å². The van der Waals surface area contributed by atoms with Crippen molar-refractivity contribution in [2.45, 2.75) is 27.7 Å². The minimum Gasteiger partial charge on any atom is -0.322 e. The highest BCUT2D eigenvalue weighted by atomic mass is 16.1. The minimum atomic E-state index is -0.118. The van der Waals surface area contributed by atoms with Crippen LogP contribution in [0.1, 0.15) is 32.6 Å². The molecule has 0 saturated heterocycles. The summed E-state index contributed by atoms with van der Waals surface area (Å²) < 4.78 is 0. The Morgan fingerprint density at radius 2 is 0.973 bits per heavy atom. The number of carbonyl (C=O) groups excluding carboxylic acids is 1. The van der Waals surface area contributed by atoms with E-state index >= 15 is 0 Å². The van der Waals surface area contributed by atoms with Crippen molar-refractivity contribution in [1.82, 2.24) is 0 Å². The quantitative estimate of drug-likeness (QED) is 0.266. The molecule has 0 aliphatic heterocycles. The maximum absolute atomic E-state index is 13.4. The van der Waals surface area contributed by atoms with Crippen LogP contribution in [0.15, 0.2) is 109 Å². The zero-order valence-corrected chi connectivity index (χ0v) is 21.8. The summed E-state index contributed by atoms with van der Waals surface area (Å²) in [6.45, 7) is 8.65. The summed E-state index contributed by atoms with van der Waals surface area (Å²) in [7, 11) is 0. The summed E-state index contributed by atoms with van der Waals surface area (Å²) in [6, 6.07) is 37.1. The van der Waals surface area contributed by atoms with Gasteiger partial charge in [0.2, 0.25) is 0 Å². The summed E-state index contributed by atoms with van der Waals surface area (Å²) in [5, 5.41) is 3.06. The average molecular weight is 482 g/mol. The SMILES string of the molecule is Cc1cccc(C)c1-c1cc(-c2ccccc2C(=O)Nc2ccccc2)cc(-c2c(C)cccc2C)c1. The predicted molar refractivity (Wildman–Crippen MR) is 156 cm³/mol. The first-order valence-electron chi connectivity index (χ1n) is 12.7. The zero-order chi connectivity index (χ0) is 25.9. The van der Waals surface area contributed by atoms with Gasteiger partial charge >= 0.3 is 0 Å². The molecule has 5 aromatic rings. The lowest BCUT2D eigenvalue weighted by Gasteiger charge is -2.18. The number of nitrogens with one attached hydrogen (secondary N) is 1.